The summed E-state index contributed by atoms with van der Waals surface area (Å²) in [5, 5.41) is 4.88. The summed E-state index contributed by atoms with van der Waals surface area (Å²) in [6, 6.07) is 1.96. The molecule has 2 N–H and O–H groups in total. The number of sulfonamides is 1. The molecule has 1 aromatic carbocycles. The van der Waals surface area contributed by atoms with Crippen molar-refractivity contribution in [2.75, 3.05) is 0 Å². The van der Waals surface area contributed by atoms with Gasteiger partial charge in [-0.1, -0.05) is 6.07 Å². The highest BCUT2D eigenvalue weighted by Crippen LogP contribution is 2.32. The van der Waals surface area contributed by atoms with E-state index in [2.05, 4.69) is 9.69 Å². The summed E-state index contributed by atoms with van der Waals surface area (Å²) in [6.45, 7) is 13.5. The molecule has 0 aliphatic heterocycles. The highest BCUT2D eigenvalue weighted by atomic mass is 32.2. The fraction of sp³-hybridized carbons (Fsp3) is 0. The molecule has 0 aliphatic rings. The summed E-state index contributed by atoms with van der Waals surface area (Å²) in [5.41, 5.74) is -0.449. The predicted octanol–water partition coefficient (Wildman–Crippen LogP) is 1.25. The molecule has 0 radical (unpaired) electrons. The molecule has 0 saturated heterocycles. The Morgan fingerprint density at radius 2 is 1.69 bits per heavy atom. The standard InChI is InChI=1S/C9H5N3O3S/c1-11-7-3-6(5-13)9(16(10,14)15)4-8(7)12-2/h3-5H,(H2,10,14,15). The van der Waals surface area contributed by atoms with Gasteiger partial charge in [0.25, 0.3) is 0 Å². The topological polar surface area (TPSA) is 86.0 Å². The molecular weight excluding hydrogens is 230 g/mol. The van der Waals surface area contributed by atoms with E-state index in [0.29, 0.717) is 0 Å². The van der Waals surface area contributed by atoms with Crippen molar-refractivity contribution < 1.29 is 13.2 Å². The van der Waals surface area contributed by atoms with Crippen molar-refractivity contribution in [3.05, 3.63) is 40.5 Å². The Balaban J connectivity index is 3.74. The first kappa shape index (κ1) is 11.9. The molecule has 0 aliphatic carbocycles. The normalized spacial score (nSPS) is 10.2. The molecular formula is C9H5N3O3S. The van der Waals surface area contributed by atoms with Crippen LogP contribution >= 0.6 is 0 Å². The van der Waals surface area contributed by atoms with E-state index < -0.39 is 14.9 Å². The van der Waals surface area contributed by atoms with Crippen LogP contribution in [0.25, 0.3) is 9.69 Å². The third kappa shape index (κ3) is 2.06. The maximum atomic E-state index is 11.1. The summed E-state index contributed by atoms with van der Waals surface area (Å²) >= 11 is 0. The fourth-order valence-corrected chi connectivity index (χ4v) is 1.80. The third-order valence-electron chi connectivity index (χ3n) is 1.78. The lowest BCUT2D eigenvalue weighted by atomic mass is 10.2. The highest BCUT2D eigenvalue weighted by Gasteiger charge is 2.17. The minimum Gasteiger partial charge on any atom is -0.298 e. The van der Waals surface area contributed by atoms with Crippen LogP contribution in [-0.2, 0) is 10.0 Å². The lowest BCUT2D eigenvalue weighted by molar-refractivity contribution is 0.112. The van der Waals surface area contributed by atoms with Gasteiger partial charge in [0, 0.05) is 5.56 Å². The number of carbonyl (C=O) groups excluding carboxylic acids is 1. The van der Waals surface area contributed by atoms with E-state index in [-0.39, 0.29) is 23.2 Å². The van der Waals surface area contributed by atoms with Crippen LogP contribution in [-0.4, -0.2) is 14.7 Å². The van der Waals surface area contributed by atoms with Gasteiger partial charge in [-0.05, 0) is 6.07 Å². The first-order valence-corrected chi connectivity index (χ1v) is 5.39. The van der Waals surface area contributed by atoms with Crippen LogP contribution in [0.2, 0.25) is 0 Å². The van der Waals surface area contributed by atoms with Gasteiger partial charge in [-0.3, -0.25) is 14.5 Å². The summed E-state index contributed by atoms with van der Waals surface area (Å²) in [5.74, 6) is 0. The summed E-state index contributed by atoms with van der Waals surface area (Å²) in [6.07, 6.45) is 0.280. The molecule has 1 aromatic rings. The molecule has 0 saturated carbocycles. The number of nitrogens with zero attached hydrogens (tertiary/aromatic N) is 2. The van der Waals surface area contributed by atoms with Gasteiger partial charge in [0.2, 0.25) is 10.0 Å². The quantitative estimate of drug-likeness (QED) is 0.618. The van der Waals surface area contributed by atoms with Crippen molar-refractivity contribution >= 4 is 27.7 Å². The number of primary sulfonamides is 1. The van der Waals surface area contributed by atoms with Crippen molar-refractivity contribution in [1.29, 1.82) is 0 Å². The SMILES string of the molecule is [C-]#[N+]c1cc(C=O)c(S(N)(=O)=O)cc1[N+]#[C-]. The number of benzene rings is 1. The van der Waals surface area contributed by atoms with E-state index in [1.165, 1.54) is 0 Å². The maximum Gasteiger partial charge on any atom is 0.237 e. The Kier molecular flexibility index (Phi) is 3.04. The second kappa shape index (κ2) is 4.11. The summed E-state index contributed by atoms with van der Waals surface area (Å²) in [7, 11) is -4.08. The molecule has 7 heteroatoms. The van der Waals surface area contributed by atoms with E-state index in [9.17, 15) is 13.2 Å². The Labute approximate surface area is 92.0 Å². The Hall–Kier alpha value is -2.22. The molecule has 1 rings (SSSR count). The molecule has 6 nitrogen and oxygen atoms in total. The van der Waals surface area contributed by atoms with Gasteiger partial charge in [0.1, 0.15) is 6.29 Å². The second-order valence-corrected chi connectivity index (χ2v) is 4.30. The van der Waals surface area contributed by atoms with Gasteiger partial charge in [-0.2, -0.15) is 0 Å². The number of nitrogens with two attached hydrogens (primary N) is 1. The average Bonchev–Trinajstić information content (AvgIpc) is 2.25. The van der Waals surface area contributed by atoms with E-state index in [1.54, 1.807) is 0 Å². The van der Waals surface area contributed by atoms with Crippen LogP contribution in [0.15, 0.2) is 17.0 Å². The van der Waals surface area contributed by atoms with Gasteiger partial charge in [0.15, 0.2) is 11.4 Å². The minimum atomic E-state index is -4.08. The highest BCUT2D eigenvalue weighted by molar-refractivity contribution is 7.89. The van der Waals surface area contributed by atoms with E-state index in [4.69, 9.17) is 18.3 Å². The van der Waals surface area contributed by atoms with Crippen molar-refractivity contribution in [2.45, 2.75) is 4.90 Å². The molecule has 80 valence electrons. The van der Waals surface area contributed by atoms with Gasteiger partial charge < -0.3 is 0 Å². The molecule has 0 fully saturated rings. The van der Waals surface area contributed by atoms with Gasteiger partial charge in [0.05, 0.1) is 18.0 Å². The molecule has 0 amide bonds. The number of hydrogen-bond acceptors (Lipinski definition) is 3. The lowest BCUT2D eigenvalue weighted by Crippen LogP contribution is -2.14. The zero-order valence-electron chi connectivity index (χ0n) is 7.84. The Morgan fingerprint density at radius 1 is 1.19 bits per heavy atom. The third-order valence-corrected chi connectivity index (χ3v) is 2.75. The zero-order chi connectivity index (χ0) is 12.3. The van der Waals surface area contributed by atoms with E-state index >= 15 is 0 Å². The van der Waals surface area contributed by atoms with Gasteiger partial charge in [-0.15, -0.1) is 0 Å². The summed E-state index contributed by atoms with van der Waals surface area (Å²) < 4.78 is 22.2. The molecule has 0 aromatic heterocycles. The second-order valence-electron chi connectivity index (χ2n) is 2.77. The van der Waals surface area contributed by atoms with Crippen molar-refractivity contribution in [3.8, 4) is 0 Å². The van der Waals surface area contributed by atoms with Crippen molar-refractivity contribution in [1.82, 2.24) is 0 Å². The van der Waals surface area contributed by atoms with Gasteiger partial charge in [-0.25, -0.2) is 13.6 Å². The van der Waals surface area contributed by atoms with Crippen molar-refractivity contribution in [2.24, 2.45) is 5.14 Å². The van der Waals surface area contributed by atoms with Crippen LogP contribution in [0.4, 0.5) is 11.4 Å². The molecule has 16 heavy (non-hydrogen) atoms. The Morgan fingerprint density at radius 3 is 2.06 bits per heavy atom. The predicted molar refractivity (Wildman–Crippen MR) is 55.7 cm³/mol. The molecule has 0 bridgehead atoms. The number of carbonyl (C=O) groups is 1. The largest absolute Gasteiger partial charge is 0.298 e. The van der Waals surface area contributed by atoms with Crippen LogP contribution in [0.1, 0.15) is 10.4 Å². The summed E-state index contributed by atoms with van der Waals surface area (Å²) in [4.78, 5) is 16.2. The van der Waals surface area contributed by atoms with E-state index in [0.717, 1.165) is 12.1 Å². The smallest absolute Gasteiger partial charge is 0.237 e. The zero-order valence-corrected chi connectivity index (χ0v) is 8.65. The van der Waals surface area contributed by atoms with Crippen LogP contribution in [0.3, 0.4) is 0 Å². The monoisotopic (exact) mass is 235 g/mol. The van der Waals surface area contributed by atoms with Crippen LogP contribution < -0.4 is 5.14 Å². The van der Waals surface area contributed by atoms with Gasteiger partial charge >= 0.3 is 0 Å². The first-order valence-electron chi connectivity index (χ1n) is 3.85. The lowest BCUT2D eigenvalue weighted by Gasteiger charge is -2.04. The fourth-order valence-electron chi connectivity index (χ4n) is 1.09. The average molecular weight is 235 g/mol. The molecule has 0 unspecified atom stereocenters. The maximum absolute atomic E-state index is 11.1. The van der Waals surface area contributed by atoms with E-state index in [1.807, 2.05) is 0 Å². The first-order chi connectivity index (χ1) is 7.43. The minimum absolute atomic E-state index is 0.0792. The van der Waals surface area contributed by atoms with Crippen molar-refractivity contribution in [3.63, 3.8) is 0 Å². The number of rotatable bonds is 2. The number of aldehydes is 1. The molecule has 0 atom stereocenters. The van der Waals surface area contributed by atoms with Crippen LogP contribution in [0, 0.1) is 13.1 Å². The molecule has 0 spiro atoms. The Bertz CT molecular complexity index is 635. The van der Waals surface area contributed by atoms with Crippen LogP contribution in [0.5, 0.6) is 0 Å². The molecule has 0 heterocycles. The number of hydrogen-bond donors (Lipinski definition) is 1.